The van der Waals surface area contributed by atoms with Crippen LogP contribution in [0.5, 0.6) is 0 Å². The molecule has 0 aliphatic carbocycles. The van der Waals surface area contributed by atoms with Gasteiger partial charge in [0.2, 0.25) is 15.9 Å². The molecule has 1 N–H and O–H groups in total. The molecule has 0 radical (unpaired) electrons. The summed E-state index contributed by atoms with van der Waals surface area (Å²) in [6.07, 6.45) is 1.92. The zero-order chi connectivity index (χ0) is 15.5. The molecule has 1 aliphatic rings. The number of carbonyl (C=O) groups is 1. The number of hydrogen-bond acceptors (Lipinski definition) is 3. The molecule has 0 bridgehead atoms. The lowest BCUT2D eigenvalue weighted by Crippen LogP contribution is -2.40. The average Bonchev–Trinajstić information content (AvgIpc) is 2.48. The quantitative estimate of drug-likeness (QED) is 0.894. The Hall–Kier alpha value is -1.40. The molecule has 0 spiro atoms. The van der Waals surface area contributed by atoms with Crippen LogP contribution in [0.2, 0.25) is 0 Å². The molecule has 0 saturated carbocycles. The van der Waals surface area contributed by atoms with Crippen molar-refractivity contribution in [3.63, 3.8) is 0 Å². The molecular formula is C15H22N2O3S. The molecule has 2 rings (SSSR count). The molecule has 1 aromatic rings. The molecule has 21 heavy (non-hydrogen) atoms. The summed E-state index contributed by atoms with van der Waals surface area (Å²) in [6.45, 7) is 2.95. The maximum absolute atomic E-state index is 12.4. The van der Waals surface area contributed by atoms with Gasteiger partial charge in [0.25, 0.3) is 0 Å². The third-order valence-electron chi connectivity index (χ3n) is 3.97. The average molecular weight is 310 g/mol. The summed E-state index contributed by atoms with van der Waals surface area (Å²) in [5, 5.41) is 0. The van der Waals surface area contributed by atoms with E-state index in [-0.39, 0.29) is 11.8 Å². The molecule has 1 heterocycles. The Morgan fingerprint density at radius 1 is 1.33 bits per heavy atom. The Labute approximate surface area is 126 Å². The molecular weight excluding hydrogens is 288 g/mol. The topological polar surface area (TPSA) is 66.5 Å². The molecule has 6 heteroatoms. The highest BCUT2D eigenvalue weighted by Crippen LogP contribution is 2.19. The van der Waals surface area contributed by atoms with Gasteiger partial charge < -0.3 is 4.90 Å². The van der Waals surface area contributed by atoms with Crippen LogP contribution in [0.4, 0.5) is 0 Å². The summed E-state index contributed by atoms with van der Waals surface area (Å²) < 4.78 is 27.4. The van der Waals surface area contributed by atoms with E-state index in [2.05, 4.69) is 4.72 Å². The molecule has 1 amide bonds. The number of likely N-dealkylation sites (tertiary alicyclic amines) is 1. The lowest BCUT2D eigenvalue weighted by Gasteiger charge is -2.28. The summed E-state index contributed by atoms with van der Waals surface area (Å²) in [6, 6.07) is 7.02. The van der Waals surface area contributed by atoms with Crippen LogP contribution in [0.3, 0.4) is 0 Å². The van der Waals surface area contributed by atoms with Crippen LogP contribution in [0.15, 0.2) is 29.2 Å². The largest absolute Gasteiger partial charge is 0.346 e. The second-order valence-corrected chi connectivity index (χ2v) is 7.22. The van der Waals surface area contributed by atoms with Crippen molar-refractivity contribution in [2.24, 2.45) is 5.92 Å². The smallest absolute Gasteiger partial charge is 0.240 e. The first-order valence-electron chi connectivity index (χ1n) is 7.25. The van der Waals surface area contributed by atoms with Gasteiger partial charge in [0.1, 0.15) is 0 Å². The normalized spacial score (nSPS) is 19.8. The second kappa shape index (κ2) is 6.58. The minimum Gasteiger partial charge on any atom is -0.346 e. The van der Waals surface area contributed by atoms with Crippen molar-refractivity contribution in [3.8, 4) is 0 Å². The monoisotopic (exact) mass is 310 g/mol. The van der Waals surface area contributed by atoms with Gasteiger partial charge in [-0.05, 0) is 30.4 Å². The van der Waals surface area contributed by atoms with Gasteiger partial charge in [0, 0.05) is 26.6 Å². The fraction of sp³-hybridized carbons (Fsp3) is 0.533. The van der Waals surface area contributed by atoms with E-state index in [1.807, 2.05) is 19.1 Å². The van der Waals surface area contributed by atoms with Crippen molar-refractivity contribution >= 4 is 15.9 Å². The number of hydrogen-bond donors (Lipinski definition) is 1. The maximum Gasteiger partial charge on any atom is 0.240 e. The van der Waals surface area contributed by atoms with Crippen molar-refractivity contribution in [1.82, 2.24) is 9.62 Å². The number of nitrogens with one attached hydrogen (secondary N) is 1. The minimum atomic E-state index is -3.51. The van der Waals surface area contributed by atoms with E-state index in [1.54, 1.807) is 24.1 Å². The molecule has 1 aliphatic heterocycles. The summed E-state index contributed by atoms with van der Waals surface area (Å²) >= 11 is 0. The van der Waals surface area contributed by atoms with Crippen molar-refractivity contribution in [2.45, 2.75) is 31.1 Å². The van der Waals surface area contributed by atoms with Crippen LogP contribution in [0, 0.1) is 5.92 Å². The highest BCUT2D eigenvalue weighted by molar-refractivity contribution is 7.89. The first-order chi connectivity index (χ1) is 9.94. The predicted octanol–water partition coefficient (Wildman–Crippen LogP) is 1.40. The Morgan fingerprint density at radius 2 is 2.05 bits per heavy atom. The number of carbonyl (C=O) groups excluding carboxylic acids is 1. The van der Waals surface area contributed by atoms with Crippen molar-refractivity contribution in [1.29, 1.82) is 0 Å². The van der Waals surface area contributed by atoms with Crippen molar-refractivity contribution in [3.05, 3.63) is 29.8 Å². The van der Waals surface area contributed by atoms with Gasteiger partial charge in [0.15, 0.2) is 0 Å². The lowest BCUT2D eigenvalue weighted by atomic mass is 9.97. The van der Waals surface area contributed by atoms with Crippen molar-refractivity contribution < 1.29 is 13.2 Å². The minimum absolute atomic E-state index is 0.0808. The third kappa shape index (κ3) is 3.83. The van der Waals surface area contributed by atoms with Crippen LogP contribution in [-0.2, 0) is 21.2 Å². The van der Waals surface area contributed by atoms with Crippen LogP contribution in [0.1, 0.15) is 25.3 Å². The van der Waals surface area contributed by atoms with E-state index in [0.717, 1.165) is 12.0 Å². The molecule has 116 valence electrons. The molecule has 5 nitrogen and oxygen atoms in total. The Bertz CT molecular complexity index is 613. The zero-order valence-electron chi connectivity index (χ0n) is 12.5. The standard InChI is InChI=1S/C15H22N2O3S/c1-3-13-6-4-5-7-14(13)21(19,20)16-11-12-8-9-17(2)15(18)10-12/h4-7,12,16H,3,8-11H2,1-2H3/t12-/m0/s1. The summed E-state index contributed by atoms with van der Waals surface area (Å²) in [5.41, 5.74) is 0.810. The van der Waals surface area contributed by atoms with Gasteiger partial charge in [-0.3, -0.25) is 4.79 Å². The molecule has 1 fully saturated rings. The first-order valence-corrected chi connectivity index (χ1v) is 8.74. The van der Waals surface area contributed by atoms with Gasteiger partial charge in [0.05, 0.1) is 4.90 Å². The summed E-state index contributed by atoms with van der Waals surface area (Å²) in [4.78, 5) is 13.7. The van der Waals surface area contributed by atoms with Crippen LogP contribution in [0.25, 0.3) is 0 Å². The lowest BCUT2D eigenvalue weighted by molar-refractivity contribution is -0.133. The molecule has 1 aromatic carbocycles. The third-order valence-corrected chi connectivity index (χ3v) is 5.49. The number of rotatable bonds is 5. The van der Waals surface area contributed by atoms with Gasteiger partial charge >= 0.3 is 0 Å². The number of benzene rings is 1. The highest BCUT2D eigenvalue weighted by atomic mass is 32.2. The van der Waals surface area contributed by atoms with Gasteiger partial charge in [-0.1, -0.05) is 25.1 Å². The molecule has 1 atom stereocenters. The van der Waals surface area contributed by atoms with Gasteiger partial charge in [-0.2, -0.15) is 0 Å². The fourth-order valence-electron chi connectivity index (χ4n) is 2.54. The van der Waals surface area contributed by atoms with E-state index in [9.17, 15) is 13.2 Å². The number of sulfonamides is 1. The van der Waals surface area contributed by atoms with Crippen molar-refractivity contribution in [2.75, 3.05) is 20.1 Å². The van der Waals surface area contributed by atoms with E-state index < -0.39 is 10.0 Å². The number of piperidine rings is 1. The second-order valence-electron chi connectivity index (χ2n) is 5.49. The summed E-state index contributed by atoms with van der Waals surface area (Å²) in [7, 11) is -1.73. The van der Waals surface area contributed by atoms with E-state index in [1.165, 1.54) is 0 Å². The molecule has 0 unspecified atom stereocenters. The van der Waals surface area contributed by atoms with Gasteiger partial charge in [-0.25, -0.2) is 13.1 Å². The van der Waals surface area contributed by atoms with E-state index in [0.29, 0.717) is 30.8 Å². The Kier molecular flexibility index (Phi) is 5.00. The Balaban J connectivity index is 2.03. The predicted molar refractivity (Wildman–Crippen MR) is 81.4 cm³/mol. The highest BCUT2D eigenvalue weighted by Gasteiger charge is 2.25. The van der Waals surface area contributed by atoms with E-state index >= 15 is 0 Å². The number of aryl methyl sites for hydroxylation is 1. The summed E-state index contributed by atoms with van der Waals surface area (Å²) in [5.74, 6) is 0.164. The fourth-order valence-corrected chi connectivity index (χ4v) is 3.97. The van der Waals surface area contributed by atoms with Crippen LogP contribution >= 0.6 is 0 Å². The zero-order valence-corrected chi connectivity index (χ0v) is 13.3. The Morgan fingerprint density at radius 3 is 2.71 bits per heavy atom. The number of nitrogens with zero attached hydrogens (tertiary/aromatic N) is 1. The SMILES string of the molecule is CCc1ccccc1S(=O)(=O)NC[C@H]1CCN(C)C(=O)C1. The van der Waals surface area contributed by atoms with Gasteiger partial charge in [-0.15, -0.1) is 0 Å². The number of amides is 1. The van der Waals surface area contributed by atoms with Crippen LogP contribution < -0.4 is 4.72 Å². The maximum atomic E-state index is 12.4. The first kappa shape index (κ1) is 16.0. The van der Waals surface area contributed by atoms with E-state index in [4.69, 9.17) is 0 Å². The molecule has 0 aromatic heterocycles. The van der Waals surface area contributed by atoms with Crippen LogP contribution in [-0.4, -0.2) is 39.4 Å². The molecule has 1 saturated heterocycles.